The Labute approximate surface area is 114 Å². The van der Waals surface area contributed by atoms with Crippen LogP contribution in [0.4, 0.5) is 4.39 Å². The maximum atomic E-state index is 14.0. The van der Waals surface area contributed by atoms with Gasteiger partial charge in [0, 0.05) is 16.5 Å². The lowest BCUT2D eigenvalue weighted by Crippen LogP contribution is -2.07. The van der Waals surface area contributed by atoms with Crippen LogP contribution in [0.25, 0.3) is 10.6 Å². The van der Waals surface area contributed by atoms with Crippen LogP contribution < -0.4 is 4.74 Å². The molecule has 1 atom stereocenters. The van der Waals surface area contributed by atoms with E-state index in [9.17, 15) is 9.50 Å². The van der Waals surface area contributed by atoms with Crippen LogP contribution in [0.1, 0.15) is 29.5 Å². The van der Waals surface area contributed by atoms with E-state index in [4.69, 9.17) is 4.74 Å². The summed E-state index contributed by atoms with van der Waals surface area (Å²) in [5, 5.41) is 10.5. The van der Waals surface area contributed by atoms with Crippen molar-refractivity contribution in [2.24, 2.45) is 0 Å². The molecule has 0 fully saturated rings. The summed E-state index contributed by atoms with van der Waals surface area (Å²) in [5.74, 6) is 0.141. The summed E-state index contributed by atoms with van der Waals surface area (Å²) in [7, 11) is 1.51. The molecule has 1 aromatic carbocycles. The molecule has 1 aliphatic rings. The maximum Gasteiger partial charge on any atom is 0.137 e. The van der Waals surface area contributed by atoms with Gasteiger partial charge >= 0.3 is 0 Å². The Morgan fingerprint density at radius 2 is 2.32 bits per heavy atom. The number of fused-ring (bicyclic) bond motifs is 1. The number of rotatable bonds is 2. The lowest BCUT2D eigenvalue weighted by atomic mass is 10.0. The van der Waals surface area contributed by atoms with Gasteiger partial charge in [-0.15, -0.1) is 11.3 Å². The number of thiazole rings is 1. The Morgan fingerprint density at radius 1 is 1.47 bits per heavy atom. The van der Waals surface area contributed by atoms with E-state index in [1.54, 1.807) is 12.1 Å². The second kappa shape index (κ2) is 4.90. The van der Waals surface area contributed by atoms with E-state index >= 15 is 0 Å². The number of aryl methyl sites for hydroxylation is 1. The number of halogens is 1. The van der Waals surface area contributed by atoms with Gasteiger partial charge in [-0.2, -0.15) is 0 Å². The summed E-state index contributed by atoms with van der Waals surface area (Å²) < 4.78 is 19.0. The second-order valence-corrected chi connectivity index (χ2v) is 5.66. The highest BCUT2D eigenvalue weighted by Gasteiger charge is 2.24. The largest absolute Gasteiger partial charge is 0.497 e. The Hall–Kier alpha value is -1.46. The molecule has 1 unspecified atom stereocenters. The lowest BCUT2D eigenvalue weighted by Gasteiger charge is -2.14. The Kier molecular flexibility index (Phi) is 3.24. The van der Waals surface area contributed by atoms with Crippen LogP contribution in [0.2, 0.25) is 0 Å². The highest BCUT2D eigenvalue weighted by molar-refractivity contribution is 7.15. The van der Waals surface area contributed by atoms with Gasteiger partial charge in [0.15, 0.2) is 0 Å². The highest BCUT2D eigenvalue weighted by Crippen LogP contribution is 2.38. The van der Waals surface area contributed by atoms with Gasteiger partial charge in [0.1, 0.15) is 16.6 Å². The van der Waals surface area contributed by atoms with Crippen molar-refractivity contribution in [1.82, 2.24) is 4.98 Å². The third kappa shape index (κ3) is 2.24. The molecule has 19 heavy (non-hydrogen) atoms. The van der Waals surface area contributed by atoms with Crippen molar-refractivity contribution in [1.29, 1.82) is 0 Å². The molecule has 1 heterocycles. The molecule has 0 saturated carbocycles. The molecule has 5 heteroatoms. The average molecular weight is 279 g/mol. The van der Waals surface area contributed by atoms with Gasteiger partial charge in [0.05, 0.1) is 18.9 Å². The fraction of sp³-hybridized carbons (Fsp3) is 0.357. The standard InChI is InChI=1S/C14H14FNO2S/c1-18-8-5-6-9(10(15)7-8)14-16-13-11(17)3-2-4-12(13)19-14/h5-7,11,17H,2-4H2,1H3. The normalized spacial score (nSPS) is 18.2. The van der Waals surface area contributed by atoms with Gasteiger partial charge in [0.2, 0.25) is 0 Å². The maximum absolute atomic E-state index is 14.0. The average Bonchev–Trinajstić information content (AvgIpc) is 2.83. The molecule has 1 aromatic heterocycles. The molecule has 0 saturated heterocycles. The smallest absolute Gasteiger partial charge is 0.137 e. The van der Waals surface area contributed by atoms with E-state index in [2.05, 4.69) is 4.98 Å². The van der Waals surface area contributed by atoms with Crippen LogP contribution in [-0.4, -0.2) is 17.2 Å². The van der Waals surface area contributed by atoms with Gasteiger partial charge in [-0.25, -0.2) is 9.37 Å². The topological polar surface area (TPSA) is 42.4 Å². The third-order valence-electron chi connectivity index (χ3n) is 3.33. The molecule has 1 N–H and O–H groups in total. The first-order valence-electron chi connectivity index (χ1n) is 6.20. The molecule has 1 aliphatic carbocycles. The van der Waals surface area contributed by atoms with Crippen molar-refractivity contribution >= 4 is 11.3 Å². The van der Waals surface area contributed by atoms with Gasteiger partial charge in [-0.1, -0.05) is 0 Å². The van der Waals surface area contributed by atoms with E-state index < -0.39 is 6.10 Å². The SMILES string of the molecule is COc1ccc(-c2nc3c(s2)CCCC3O)c(F)c1. The Bertz CT molecular complexity index is 611. The predicted octanol–water partition coefficient (Wildman–Crippen LogP) is 3.33. The Morgan fingerprint density at radius 3 is 3.00 bits per heavy atom. The minimum absolute atomic E-state index is 0.347. The van der Waals surface area contributed by atoms with Crippen molar-refractivity contribution in [3.63, 3.8) is 0 Å². The number of methoxy groups -OCH3 is 1. The minimum Gasteiger partial charge on any atom is -0.497 e. The third-order valence-corrected chi connectivity index (χ3v) is 4.50. The van der Waals surface area contributed by atoms with E-state index in [1.165, 1.54) is 24.5 Å². The monoisotopic (exact) mass is 279 g/mol. The molecular weight excluding hydrogens is 265 g/mol. The molecule has 100 valence electrons. The molecule has 0 aliphatic heterocycles. The summed E-state index contributed by atoms with van der Waals surface area (Å²) in [6, 6.07) is 4.74. The summed E-state index contributed by atoms with van der Waals surface area (Å²) in [5.41, 5.74) is 1.19. The van der Waals surface area contributed by atoms with Crippen molar-refractivity contribution in [3.05, 3.63) is 34.6 Å². The van der Waals surface area contributed by atoms with Crippen LogP contribution in [0.15, 0.2) is 18.2 Å². The first kappa shape index (κ1) is 12.6. The number of ether oxygens (including phenoxy) is 1. The molecule has 3 nitrogen and oxygen atoms in total. The molecule has 0 radical (unpaired) electrons. The molecular formula is C14H14FNO2S. The van der Waals surface area contributed by atoms with E-state index in [1.807, 2.05) is 0 Å². The number of aliphatic hydroxyl groups excluding tert-OH is 1. The summed E-state index contributed by atoms with van der Waals surface area (Å²) in [4.78, 5) is 5.48. The fourth-order valence-electron chi connectivity index (χ4n) is 2.31. The van der Waals surface area contributed by atoms with E-state index in [0.29, 0.717) is 16.3 Å². The summed E-state index contributed by atoms with van der Waals surface area (Å²) in [6.07, 6.45) is 2.11. The highest BCUT2D eigenvalue weighted by atomic mass is 32.1. The van der Waals surface area contributed by atoms with Gasteiger partial charge in [-0.3, -0.25) is 0 Å². The fourth-order valence-corrected chi connectivity index (χ4v) is 3.49. The summed E-state index contributed by atoms with van der Waals surface area (Å²) >= 11 is 1.47. The lowest BCUT2D eigenvalue weighted by molar-refractivity contribution is 0.153. The van der Waals surface area contributed by atoms with Gasteiger partial charge in [-0.05, 0) is 31.4 Å². The number of aromatic nitrogens is 1. The number of hydrogen-bond acceptors (Lipinski definition) is 4. The zero-order valence-electron chi connectivity index (χ0n) is 10.5. The zero-order valence-corrected chi connectivity index (χ0v) is 11.3. The first-order valence-corrected chi connectivity index (χ1v) is 7.02. The number of hydrogen-bond donors (Lipinski definition) is 1. The molecule has 0 bridgehead atoms. The van der Waals surface area contributed by atoms with Crippen LogP contribution in [-0.2, 0) is 6.42 Å². The van der Waals surface area contributed by atoms with Crippen LogP contribution >= 0.6 is 11.3 Å². The minimum atomic E-state index is -0.505. The number of aliphatic hydroxyl groups is 1. The quantitative estimate of drug-likeness (QED) is 0.917. The predicted molar refractivity (Wildman–Crippen MR) is 72.0 cm³/mol. The first-order chi connectivity index (χ1) is 9.19. The Balaban J connectivity index is 2.03. The van der Waals surface area contributed by atoms with Crippen LogP contribution in [0, 0.1) is 5.82 Å². The van der Waals surface area contributed by atoms with Crippen LogP contribution in [0.3, 0.4) is 0 Å². The van der Waals surface area contributed by atoms with Gasteiger partial charge < -0.3 is 9.84 Å². The molecule has 2 aromatic rings. The van der Waals surface area contributed by atoms with Crippen molar-refractivity contribution < 1.29 is 14.2 Å². The zero-order chi connectivity index (χ0) is 13.4. The van der Waals surface area contributed by atoms with Crippen LogP contribution in [0.5, 0.6) is 5.75 Å². The number of nitrogens with zero attached hydrogens (tertiary/aromatic N) is 1. The second-order valence-electron chi connectivity index (χ2n) is 4.58. The molecule has 3 rings (SSSR count). The summed E-state index contributed by atoms with van der Waals surface area (Å²) in [6.45, 7) is 0. The van der Waals surface area contributed by atoms with Crippen molar-refractivity contribution in [2.75, 3.05) is 7.11 Å². The molecule has 0 spiro atoms. The van der Waals surface area contributed by atoms with Crippen molar-refractivity contribution in [2.45, 2.75) is 25.4 Å². The van der Waals surface area contributed by atoms with Gasteiger partial charge in [0.25, 0.3) is 0 Å². The van der Waals surface area contributed by atoms with E-state index in [-0.39, 0.29) is 5.82 Å². The van der Waals surface area contributed by atoms with E-state index in [0.717, 1.165) is 29.8 Å². The number of benzene rings is 1. The molecule has 0 amide bonds. The van der Waals surface area contributed by atoms with Crippen molar-refractivity contribution in [3.8, 4) is 16.3 Å².